The second-order valence-corrected chi connectivity index (χ2v) is 10.4. The first kappa shape index (κ1) is 19.2. The van der Waals surface area contributed by atoms with Crippen LogP contribution in [0.2, 0.25) is 0 Å². The highest BCUT2D eigenvalue weighted by molar-refractivity contribution is 7.64. The maximum Gasteiger partial charge on any atom is 0.115 e. The predicted octanol–water partition coefficient (Wildman–Crippen LogP) is 6.02. The molecule has 1 aliphatic heterocycles. The smallest absolute Gasteiger partial charge is 0.115 e. The lowest BCUT2D eigenvalue weighted by atomic mass is 10.0. The normalized spacial score (nSPS) is 27.1. The van der Waals surface area contributed by atoms with E-state index in [0.29, 0.717) is 5.92 Å². The van der Waals surface area contributed by atoms with Crippen molar-refractivity contribution >= 4 is 7.14 Å². The summed E-state index contributed by atoms with van der Waals surface area (Å²) in [4.78, 5) is 0. The summed E-state index contributed by atoms with van der Waals surface area (Å²) < 4.78 is 12.9. The van der Waals surface area contributed by atoms with Crippen molar-refractivity contribution in [2.45, 2.75) is 96.7 Å². The van der Waals surface area contributed by atoms with E-state index in [0.717, 1.165) is 31.6 Å². The fourth-order valence-corrected chi connectivity index (χ4v) is 6.97. The number of unbranched alkanes of at least 4 members (excludes halogenated alkanes) is 7. The van der Waals surface area contributed by atoms with Crippen LogP contribution in [0.1, 0.15) is 90.9 Å². The van der Waals surface area contributed by atoms with Crippen molar-refractivity contribution in [3.8, 4) is 0 Å². The molecule has 0 bridgehead atoms. The molecule has 1 heterocycles. The Balaban J connectivity index is 2.19. The van der Waals surface area contributed by atoms with Crippen molar-refractivity contribution in [3.05, 3.63) is 0 Å². The number of aliphatic hydroxyl groups excluding tert-OH is 1. The van der Waals surface area contributed by atoms with E-state index < -0.39 is 13.0 Å². The zero-order chi connectivity index (χ0) is 15.6. The molecule has 0 amide bonds. The van der Waals surface area contributed by atoms with Gasteiger partial charge in [0.15, 0.2) is 0 Å². The second kappa shape index (κ2) is 10.8. The largest absolute Gasteiger partial charge is 0.385 e. The molecule has 1 rings (SSSR count). The minimum absolute atomic E-state index is 0.500. The third-order valence-electron chi connectivity index (χ3n) is 5.06. The standard InChI is InChI=1S/C18H37O2P/c1-3-5-7-9-11-13-18(19)21(20)15-14-17(16-21)12-10-8-6-4-2/h17-19H,3-16H2,1-2H3. The predicted molar refractivity (Wildman–Crippen MR) is 93.6 cm³/mol. The van der Waals surface area contributed by atoms with Crippen molar-refractivity contribution in [2.24, 2.45) is 5.92 Å². The van der Waals surface area contributed by atoms with Gasteiger partial charge in [0.1, 0.15) is 13.0 Å². The zero-order valence-electron chi connectivity index (χ0n) is 14.4. The fraction of sp³-hybridized carbons (Fsp3) is 1.00. The molecule has 1 N–H and O–H groups in total. The lowest BCUT2D eigenvalue weighted by molar-refractivity contribution is 0.232. The molecule has 0 saturated carbocycles. The Kier molecular flexibility index (Phi) is 9.93. The third-order valence-corrected chi connectivity index (χ3v) is 8.55. The molecule has 21 heavy (non-hydrogen) atoms. The summed E-state index contributed by atoms with van der Waals surface area (Å²) in [5.41, 5.74) is 0. The Morgan fingerprint density at radius 1 is 1.00 bits per heavy atom. The van der Waals surface area contributed by atoms with Gasteiger partial charge in [-0.15, -0.1) is 0 Å². The van der Waals surface area contributed by atoms with Crippen molar-refractivity contribution in [2.75, 3.05) is 12.3 Å². The molecule has 3 atom stereocenters. The van der Waals surface area contributed by atoms with Crippen LogP contribution in [-0.2, 0) is 4.57 Å². The van der Waals surface area contributed by atoms with Gasteiger partial charge in [-0.1, -0.05) is 71.6 Å². The fourth-order valence-electron chi connectivity index (χ4n) is 3.55. The first-order valence-electron chi connectivity index (χ1n) is 9.38. The SMILES string of the molecule is CCCCCCCC(O)P1(=O)CCC(CCCCCC)C1. The monoisotopic (exact) mass is 316 g/mol. The van der Waals surface area contributed by atoms with E-state index in [-0.39, 0.29) is 0 Å². The topological polar surface area (TPSA) is 37.3 Å². The van der Waals surface area contributed by atoms with E-state index in [9.17, 15) is 9.67 Å². The molecule has 0 aromatic carbocycles. The summed E-state index contributed by atoms with van der Waals surface area (Å²) in [6.45, 7) is 4.45. The minimum Gasteiger partial charge on any atom is -0.385 e. The number of hydrogen-bond donors (Lipinski definition) is 1. The molecule has 0 aromatic rings. The van der Waals surface area contributed by atoms with E-state index in [2.05, 4.69) is 13.8 Å². The molecule has 2 nitrogen and oxygen atoms in total. The van der Waals surface area contributed by atoms with Crippen molar-refractivity contribution < 1.29 is 9.67 Å². The van der Waals surface area contributed by atoms with Gasteiger partial charge in [0.2, 0.25) is 0 Å². The van der Waals surface area contributed by atoms with Crippen LogP contribution >= 0.6 is 7.14 Å². The van der Waals surface area contributed by atoms with Gasteiger partial charge in [-0.25, -0.2) is 0 Å². The summed E-state index contributed by atoms with van der Waals surface area (Å²) >= 11 is 0. The Bertz CT molecular complexity index is 304. The minimum atomic E-state index is -2.27. The molecule has 0 aliphatic carbocycles. The molecular weight excluding hydrogens is 279 g/mol. The van der Waals surface area contributed by atoms with Crippen LogP contribution in [0, 0.1) is 5.92 Å². The highest BCUT2D eigenvalue weighted by Crippen LogP contribution is 2.59. The van der Waals surface area contributed by atoms with Gasteiger partial charge in [-0.05, 0) is 25.2 Å². The maximum atomic E-state index is 12.9. The van der Waals surface area contributed by atoms with Gasteiger partial charge in [0.25, 0.3) is 0 Å². The van der Waals surface area contributed by atoms with E-state index in [1.807, 2.05) is 0 Å². The van der Waals surface area contributed by atoms with Gasteiger partial charge in [-0.3, -0.25) is 0 Å². The Labute approximate surface area is 132 Å². The highest BCUT2D eigenvalue weighted by atomic mass is 31.2. The number of hydrogen-bond acceptors (Lipinski definition) is 2. The molecule has 3 heteroatoms. The molecule has 3 unspecified atom stereocenters. The summed E-state index contributed by atoms with van der Waals surface area (Å²) in [6, 6.07) is 0. The Morgan fingerprint density at radius 2 is 1.62 bits per heavy atom. The molecular formula is C18H37O2P. The lowest BCUT2D eigenvalue weighted by Crippen LogP contribution is -2.10. The second-order valence-electron chi connectivity index (χ2n) is 7.05. The van der Waals surface area contributed by atoms with Crippen LogP contribution in [0.5, 0.6) is 0 Å². The van der Waals surface area contributed by atoms with Crippen LogP contribution < -0.4 is 0 Å². The van der Waals surface area contributed by atoms with Gasteiger partial charge in [-0.2, -0.15) is 0 Å². The zero-order valence-corrected chi connectivity index (χ0v) is 15.3. The molecule has 1 fully saturated rings. The van der Waals surface area contributed by atoms with E-state index in [1.165, 1.54) is 57.8 Å². The van der Waals surface area contributed by atoms with Crippen LogP contribution in [0.15, 0.2) is 0 Å². The Hall–Kier alpha value is 0.190. The summed E-state index contributed by atoms with van der Waals surface area (Å²) in [6.07, 6.45) is 16.0. The van der Waals surface area contributed by atoms with E-state index in [4.69, 9.17) is 0 Å². The molecule has 126 valence electrons. The maximum absolute atomic E-state index is 12.9. The van der Waals surface area contributed by atoms with Crippen molar-refractivity contribution in [3.63, 3.8) is 0 Å². The van der Waals surface area contributed by atoms with Crippen LogP contribution in [0.4, 0.5) is 0 Å². The molecule has 1 aliphatic rings. The average Bonchev–Trinajstić information content (AvgIpc) is 2.86. The third kappa shape index (κ3) is 7.33. The van der Waals surface area contributed by atoms with Crippen LogP contribution in [-0.4, -0.2) is 23.3 Å². The molecule has 1 saturated heterocycles. The highest BCUT2D eigenvalue weighted by Gasteiger charge is 2.38. The molecule has 0 aromatic heterocycles. The van der Waals surface area contributed by atoms with Gasteiger partial charge >= 0.3 is 0 Å². The van der Waals surface area contributed by atoms with Crippen LogP contribution in [0.3, 0.4) is 0 Å². The van der Waals surface area contributed by atoms with E-state index in [1.54, 1.807) is 0 Å². The summed E-state index contributed by atoms with van der Waals surface area (Å²) in [5.74, 6) is 0.127. The molecule has 0 radical (unpaired) electrons. The first-order valence-corrected chi connectivity index (χ1v) is 11.5. The first-order chi connectivity index (χ1) is 10.1. The van der Waals surface area contributed by atoms with E-state index >= 15 is 0 Å². The molecule has 0 spiro atoms. The average molecular weight is 316 g/mol. The van der Waals surface area contributed by atoms with Crippen molar-refractivity contribution in [1.29, 1.82) is 0 Å². The number of rotatable bonds is 12. The Morgan fingerprint density at radius 3 is 2.29 bits per heavy atom. The van der Waals surface area contributed by atoms with Crippen LogP contribution in [0.25, 0.3) is 0 Å². The summed E-state index contributed by atoms with van der Waals surface area (Å²) in [5, 5.41) is 10.3. The van der Waals surface area contributed by atoms with Gasteiger partial charge in [0, 0.05) is 12.3 Å². The summed E-state index contributed by atoms with van der Waals surface area (Å²) in [7, 11) is -2.27. The van der Waals surface area contributed by atoms with Gasteiger partial charge < -0.3 is 9.67 Å². The lowest BCUT2D eigenvalue weighted by Gasteiger charge is -2.19. The van der Waals surface area contributed by atoms with Gasteiger partial charge in [0.05, 0.1) is 0 Å². The van der Waals surface area contributed by atoms with Crippen molar-refractivity contribution in [1.82, 2.24) is 0 Å². The quantitative estimate of drug-likeness (QED) is 0.353. The number of aliphatic hydroxyl groups is 1.